The number of anilines is 2. The van der Waals surface area contributed by atoms with Gasteiger partial charge >= 0.3 is 12.0 Å². The quantitative estimate of drug-likeness (QED) is 0.847. The number of hydrogen-bond acceptors (Lipinski definition) is 5. The molecule has 84 valence electrons. The Hall–Kier alpha value is -2.04. The molecule has 0 atom stereocenters. The molecule has 5 nitrogen and oxygen atoms in total. The monoisotopic (exact) mass is 218 g/mol. The molecule has 0 spiro atoms. The summed E-state index contributed by atoms with van der Waals surface area (Å²) < 4.78 is 5.12. The molecule has 16 heavy (non-hydrogen) atoms. The number of rotatable bonds is 3. The summed E-state index contributed by atoms with van der Waals surface area (Å²) in [6.07, 6.45) is 0. The van der Waals surface area contributed by atoms with E-state index in [1.54, 1.807) is 0 Å². The summed E-state index contributed by atoms with van der Waals surface area (Å²) in [5.41, 5.74) is 7.79. The lowest BCUT2D eigenvalue weighted by atomic mass is 10.1. The predicted octanol–water partition coefficient (Wildman–Crippen LogP) is 1.60. The molecule has 0 aliphatic rings. The highest BCUT2D eigenvalue weighted by molar-refractivity contribution is 5.30. The lowest BCUT2D eigenvalue weighted by Crippen LogP contribution is -2.16. The van der Waals surface area contributed by atoms with Crippen LogP contribution in [0, 0.1) is 6.92 Å². The third-order valence-electron chi connectivity index (χ3n) is 2.30. The van der Waals surface area contributed by atoms with Gasteiger partial charge in [-0.05, 0) is 12.5 Å². The molecule has 0 aliphatic heterocycles. The van der Waals surface area contributed by atoms with E-state index in [9.17, 15) is 0 Å². The Kier molecular flexibility index (Phi) is 2.76. The van der Waals surface area contributed by atoms with Crippen LogP contribution >= 0.6 is 0 Å². The van der Waals surface area contributed by atoms with E-state index in [1.165, 1.54) is 11.1 Å². The second kappa shape index (κ2) is 4.22. The molecule has 5 heteroatoms. The fraction of sp³-hybridized carbons (Fsp3) is 0.273. The topological polar surface area (TPSA) is 68.2 Å². The molecule has 1 aromatic heterocycles. The molecule has 1 aromatic carbocycles. The Balaban J connectivity index is 2.07. The Labute approximate surface area is 93.9 Å². The average Bonchev–Trinajstić information content (AvgIpc) is 2.68. The van der Waals surface area contributed by atoms with Crippen LogP contribution in [0.1, 0.15) is 11.1 Å². The zero-order chi connectivity index (χ0) is 11.5. The molecule has 2 aromatic rings. The van der Waals surface area contributed by atoms with Gasteiger partial charge in [-0.1, -0.05) is 40.0 Å². The van der Waals surface area contributed by atoms with Crippen LogP contribution in [0.2, 0.25) is 0 Å². The molecule has 1 heterocycles. The minimum Gasteiger partial charge on any atom is -0.390 e. The van der Waals surface area contributed by atoms with Crippen LogP contribution in [0.25, 0.3) is 0 Å². The molecule has 0 saturated heterocycles. The summed E-state index contributed by atoms with van der Waals surface area (Å²) in [4.78, 5) is 1.86. The first-order chi connectivity index (χ1) is 7.65. The van der Waals surface area contributed by atoms with Crippen LogP contribution in [0.5, 0.6) is 0 Å². The van der Waals surface area contributed by atoms with Crippen LogP contribution in [0.3, 0.4) is 0 Å². The van der Waals surface area contributed by atoms with Gasteiger partial charge in [0.15, 0.2) is 0 Å². The van der Waals surface area contributed by atoms with Crippen molar-refractivity contribution in [3.8, 4) is 0 Å². The SMILES string of the molecule is Cc1ccc(CN(C)c2nnc(N)o2)cc1. The fourth-order valence-corrected chi connectivity index (χ4v) is 1.42. The summed E-state index contributed by atoms with van der Waals surface area (Å²) >= 11 is 0. The molecular weight excluding hydrogens is 204 g/mol. The molecule has 0 saturated carbocycles. The number of benzene rings is 1. The van der Waals surface area contributed by atoms with Gasteiger partial charge in [-0.15, -0.1) is 0 Å². The maximum absolute atomic E-state index is 5.36. The number of aromatic nitrogens is 2. The summed E-state index contributed by atoms with van der Waals surface area (Å²) in [5, 5.41) is 7.43. The average molecular weight is 218 g/mol. The third-order valence-corrected chi connectivity index (χ3v) is 2.30. The van der Waals surface area contributed by atoms with Gasteiger partial charge in [-0.3, -0.25) is 0 Å². The molecule has 0 aliphatic carbocycles. The minimum atomic E-state index is 0.0887. The molecule has 0 unspecified atom stereocenters. The smallest absolute Gasteiger partial charge is 0.319 e. The maximum atomic E-state index is 5.36. The van der Waals surface area contributed by atoms with Crippen LogP contribution in [-0.2, 0) is 6.54 Å². The van der Waals surface area contributed by atoms with Crippen LogP contribution in [-0.4, -0.2) is 17.2 Å². The molecule has 0 fully saturated rings. The predicted molar refractivity (Wildman–Crippen MR) is 62.0 cm³/mol. The zero-order valence-corrected chi connectivity index (χ0v) is 9.34. The Morgan fingerprint density at radius 3 is 2.50 bits per heavy atom. The van der Waals surface area contributed by atoms with Crippen LogP contribution < -0.4 is 10.6 Å². The van der Waals surface area contributed by atoms with Crippen molar-refractivity contribution < 1.29 is 4.42 Å². The van der Waals surface area contributed by atoms with E-state index in [0.29, 0.717) is 12.6 Å². The largest absolute Gasteiger partial charge is 0.390 e. The summed E-state index contributed by atoms with van der Waals surface area (Å²) in [6.45, 7) is 2.77. The summed E-state index contributed by atoms with van der Waals surface area (Å²) in [5.74, 6) is 0. The van der Waals surface area contributed by atoms with Crippen LogP contribution in [0.15, 0.2) is 28.7 Å². The van der Waals surface area contributed by atoms with Gasteiger partial charge in [-0.25, -0.2) is 0 Å². The van der Waals surface area contributed by atoms with Crippen molar-refractivity contribution in [1.29, 1.82) is 0 Å². The van der Waals surface area contributed by atoms with Crippen molar-refractivity contribution >= 4 is 12.0 Å². The lowest BCUT2D eigenvalue weighted by Gasteiger charge is -2.13. The first-order valence-electron chi connectivity index (χ1n) is 5.01. The van der Waals surface area contributed by atoms with Crippen molar-refractivity contribution in [2.24, 2.45) is 0 Å². The number of nitrogen functional groups attached to an aromatic ring is 1. The molecule has 0 bridgehead atoms. The molecule has 0 amide bonds. The van der Waals surface area contributed by atoms with Gasteiger partial charge < -0.3 is 15.1 Å². The Morgan fingerprint density at radius 2 is 1.94 bits per heavy atom. The molecule has 2 rings (SSSR count). The van der Waals surface area contributed by atoms with Gasteiger partial charge in [0, 0.05) is 13.6 Å². The van der Waals surface area contributed by atoms with Gasteiger partial charge in [-0.2, -0.15) is 0 Å². The maximum Gasteiger partial charge on any atom is 0.319 e. The number of nitrogens with zero attached hydrogens (tertiary/aromatic N) is 3. The van der Waals surface area contributed by atoms with Crippen molar-refractivity contribution in [2.75, 3.05) is 17.7 Å². The van der Waals surface area contributed by atoms with E-state index in [0.717, 1.165) is 0 Å². The van der Waals surface area contributed by atoms with Crippen LogP contribution in [0.4, 0.5) is 12.0 Å². The van der Waals surface area contributed by atoms with Gasteiger partial charge in [0.05, 0.1) is 0 Å². The van der Waals surface area contributed by atoms with Crippen molar-refractivity contribution in [2.45, 2.75) is 13.5 Å². The number of aryl methyl sites for hydroxylation is 1. The van der Waals surface area contributed by atoms with Gasteiger partial charge in [0.2, 0.25) is 0 Å². The van der Waals surface area contributed by atoms with E-state index in [2.05, 4.69) is 41.4 Å². The standard InChI is InChI=1S/C11H14N4O/c1-8-3-5-9(6-4-8)7-15(2)11-14-13-10(12)16-11/h3-6H,7H2,1-2H3,(H2,12,13). The second-order valence-corrected chi connectivity index (χ2v) is 3.76. The summed E-state index contributed by atoms with van der Waals surface area (Å²) in [7, 11) is 1.88. The highest BCUT2D eigenvalue weighted by Gasteiger charge is 2.08. The van der Waals surface area contributed by atoms with E-state index in [-0.39, 0.29) is 6.01 Å². The molecule has 0 radical (unpaired) electrons. The third kappa shape index (κ3) is 2.31. The van der Waals surface area contributed by atoms with Crippen molar-refractivity contribution in [1.82, 2.24) is 10.2 Å². The Morgan fingerprint density at radius 1 is 1.25 bits per heavy atom. The first kappa shape index (κ1) is 10.5. The van der Waals surface area contributed by atoms with E-state index >= 15 is 0 Å². The minimum absolute atomic E-state index is 0.0887. The summed E-state index contributed by atoms with van der Waals surface area (Å²) in [6, 6.07) is 8.82. The Bertz CT molecular complexity index is 463. The van der Waals surface area contributed by atoms with E-state index in [4.69, 9.17) is 10.2 Å². The lowest BCUT2D eigenvalue weighted by molar-refractivity contribution is 0.559. The zero-order valence-electron chi connectivity index (χ0n) is 9.34. The highest BCUT2D eigenvalue weighted by Crippen LogP contribution is 2.14. The molecular formula is C11H14N4O. The number of hydrogen-bond donors (Lipinski definition) is 1. The second-order valence-electron chi connectivity index (χ2n) is 3.76. The van der Waals surface area contributed by atoms with Gasteiger partial charge in [0.1, 0.15) is 0 Å². The van der Waals surface area contributed by atoms with E-state index < -0.39 is 0 Å². The fourth-order valence-electron chi connectivity index (χ4n) is 1.42. The van der Waals surface area contributed by atoms with E-state index in [1.807, 2.05) is 11.9 Å². The molecule has 2 N–H and O–H groups in total. The van der Waals surface area contributed by atoms with Gasteiger partial charge in [0.25, 0.3) is 0 Å². The normalized spacial score (nSPS) is 10.4. The first-order valence-corrected chi connectivity index (χ1v) is 5.01. The highest BCUT2D eigenvalue weighted by atomic mass is 16.4. The van der Waals surface area contributed by atoms with Crippen molar-refractivity contribution in [3.05, 3.63) is 35.4 Å². The van der Waals surface area contributed by atoms with Crippen molar-refractivity contribution in [3.63, 3.8) is 0 Å². The number of nitrogens with two attached hydrogens (primary N) is 1.